The Labute approximate surface area is 153 Å². The molecule has 1 atom stereocenters. The number of rotatable bonds is 4. The SMILES string of the molecule is Cc1cc(C)n(C2CN(C(=O)c3nn(C)cc3CN3CCC(O)C3)C2)n1. The van der Waals surface area contributed by atoms with E-state index in [2.05, 4.69) is 21.2 Å². The standard InChI is InChI=1S/C18H26N6O2/c1-12-6-13(2)24(19-12)15-9-23(10-15)18(26)17-14(7-21(3)20-17)8-22-5-4-16(25)11-22/h6-7,15-16,25H,4-5,8-11H2,1-3H3. The predicted octanol–water partition coefficient (Wildman–Crippen LogP) is 0.497. The van der Waals surface area contributed by atoms with Gasteiger partial charge < -0.3 is 10.0 Å². The van der Waals surface area contributed by atoms with Gasteiger partial charge in [0.15, 0.2) is 5.69 Å². The van der Waals surface area contributed by atoms with Gasteiger partial charge in [-0.2, -0.15) is 10.2 Å². The Morgan fingerprint density at radius 1 is 1.27 bits per heavy atom. The zero-order valence-corrected chi connectivity index (χ0v) is 15.6. The number of likely N-dealkylation sites (tertiary alicyclic amines) is 2. The highest BCUT2D eigenvalue weighted by Gasteiger charge is 2.36. The average molecular weight is 358 g/mol. The fourth-order valence-corrected chi connectivity index (χ4v) is 3.97. The van der Waals surface area contributed by atoms with Gasteiger partial charge in [0.1, 0.15) is 0 Å². The average Bonchev–Trinajstić information content (AvgIpc) is 3.18. The van der Waals surface area contributed by atoms with E-state index in [0.717, 1.165) is 29.9 Å². The second-order valence-corrected chi connectivity index (χ2v) is 7.59. The molecule has 2 aliphatic heterocycles. The van der Waals surface area contributed by atoms with Crippen molar-refractivity contribution in [1.29, 1.82) is 0 Å². The van der Waals surface area contributed by atoms with E-state index in [1.165, 1.54) is 0 Å². The quantitative estimate of drug-likeness (QED) is 0.861. The van der Waals surface area contributed by atoms with Gasteiger partial charge in [-0.15, -0.1) is 0 Å². The van der Waals surface area contributed by atoms with Crippen LogP contribution < -0.4 is 0 Å². The van der Waals surface area contributed by atoms with Crippen LogP contribution in [0.2, 0.25) is 0 Å². The van der Waals surface area contributed by atoms with Crippen molar-refractivity contribution in [3.63, 3.8) is 0 Å². The maximum Gasteiger partial charge on any atom is 0.274 e. The number of nitrogens with zero attached hydrogens (tertiary/aromatic N) is 6. The van der Waals surface area contributed by atoms with Crippen LogP contribution in [0.5, 0.6) is 0 Å². The first-order valence-electron chi connectivity index (χ1n) is 9.15. The van der Waals surface area contributed by atoms with Crippen molar-refractivity contribution in [3.05, 3.63) is 34.9 Å². The molecule has 4 heterocycles. The van der Waals surface area contributed by atoms with Gasteiger partial charge in [-0.25, -0.2) is 0 Å². The second kappa shape index (κ2) is 6.51. The summed E-state index contributed by atoms with van der Waals surface area (Å²) in [4.78, 5) is 16.9. The topological polar surface area (TPSA) is 79.4 Å². The number of aryl methyl sites for hydroxylation is 3. The number of amides is 1. The maximum absolute atomic E-state index is 12.9. The third kappa shape index (κ3) is 3.14. The van der Waals surface area contributed by atoms with Crippen LogP contribution in [-0.4, -0.2) is 72.7 Å². The molecular weight excluding hydrogens is 332 g/mol. The van der Waals surface area contributed by atoms with E-state index in [4.69, 9.17) is 0 Å². The predicted molar refractivity (Wildman–Crippen MR) is 95.8 cm³/mol. The molecule has 0 radical (unpaired) electrons. The number of hydrogen-bond donors (Lipinski definition) is 1. The van der Waals surface area contributed by atoms with Gasteiger partial charge in [-0.1, -0.05) is 0 Å². The van der Waals surface area contributed by atoms with E-state index in [1.807, 2.05) is 36.7 Å². The summed E-state index contributed by atoms with van der Waals surface area (Å²) in [6.45, 7) is 7.53. The molecule has 0 saturated carbocycles. The first-order valence-corrected chi connectivity index (χ1v) is 9.15. The van der Waals surface area contributed by atoms with Crippen LogP contribution in [0.1, 0.15) is 39.9 Å². The molecule has 8 heteroatoms. The summed E-state index contributed by atoms with van der Waals surface area (Å²) in [7, 11) is 1.84. The Bertz CT molecular complexity index is 820. The van der Waals surface area contributed by atoms with Gasteiger partial charge in [0.05, 0.1) is 17.8 Å². The Balaban J connectivity index is 1.43. The van der Waals surface area contributed by atoms with Crippen LogP contribution in [0, 0.1) is 13.8 Å². The Morgan fingerprint density at radius 3 is 2.65 bits per heavy atom. The van der Waals surface area contributed by atoms with Crippen molar-refractivity contribution in [2.24, 2.45) is 7.05 Å². The fourth-order valence-electron chi connectivity index (χ4n) is 3.97. The summed E-state index contributed by atoms with van der Waals surface area (Å²) >= 11 is 0. The number of aliphatic hydroxyl groups excluding tert-OH is 1. The van der Waals surface area contributed by atoms with Crippen molar-refractivity contribution in [2.45, 2.75) is 39.0 Å². The van der Waals surface area contributed by atoms with E-state index in [-0.39, 0.29) is 18.1 Å². The molecule has 140 valence electrons. The summed E-state index contributed by atoms with van der Waals surface area (Å²) < 4.78 is 3.72. The van der Waals surface area contributed by atoms with Gasteiger partial charge in [-0.05, 0) is 26.3 Å². The molecule has 2 aromatic rings. The molecule has 1 unspecified atom stereocenters. The highest BCUT2D eigenvalue weighted by molar-refractivity contribution is 5.94. The Kier molecular flexibility index (Phi) is 4.32. The summed E-state index contributed by atoms with van der Waals surface area (Å²) in [5, 5.41) is 18.6. The summed E-state index contributed by atoms with van der Waals surface area (Å²) in [5.74, 6) is -0.0156. The van der Waals surface area contributed by atoms with Crippen LogP contribution in [0.25, 0.3) is 0 Å². The minimum atomic E-state index is -0.261. The Morgan fingerprint density at radius 2 is 2.04 bits per heavy atom. The lowest BCUT2D eigenvalue weighted by Gasteiger charge is -2.39. The van der Waals surface area contributed by atoms with Crippen molar-refractivity contribution < 1.29 is 9.90 Å². The molecule has 0 bridgehead atoms. The molecule has 2 saturated heterocycles. The highest BCUT2D eigenvalue weighted by atomic mass is 16.3. The third-order valence-corrected chi connectivity index (χ3v) is 5.29. The lowest BCUT2D eigenvalue weighted by Crippen LogP contribution is -2.51. The van der Waals surface area contributed by atoms with E-state index in [1.54, 1.807) is 4.68 Å². The number of β-amino-alcohol motifs (C(OH)–C–C–N with tert-alkyl or cyclic N) is 1. The first-order chi connectivity index (χ1) is 12.4. The lowest BCUT2D eigenvalue weighted by atomic mass is 10.1. The van der Waals surface area contributed by atoms with Gasteiger partial charge in [0, 0.05) is 57.2 Å². The van der Waals surface area contributed by atoms with Crippen LogP contribution in [0.3, 0.4) is 0 Å². The van der Waals surface area contributed by atoms with Crippen molar-refractivity contribution in [2.75, 3.05) is 26.2 Å². The van der Waals surface area contributed by atoms with Crippen LogP contribution >= 0.6 is 0 Å². The second-order valence-electron chi connectivity index (χ2n) is 7.59. The van der Waals surface area contributed by atoms with E-state index in [9.17, 15) is 9.90 Å². The molecule has 2 aliphatic rings. The third-order valence-electron chi connectivity index (χ3n) is 5.29. The number of carbonyl (C=O) groups is 1. The van der Waals surface area contributed by atoms with Gasteiger partial charge in [-0.3, -0.25) is 19.1 Å². The van der Waals surface area contributed by atoms with Gasteiger partial charge in [0.25, 0.3) is 5.91 Å². The largest absolute Gasteiger partial charge is 0.392 e. The number of carbonyl (C=O) groups excluding carboxylic acids is 1. The molecule has 26 heavy (non-hydrogen) atoms. The summed E-state index contributed by atoms with van der Waals surface area (Å²) in [6, 6.07) is 2.31. The van der Waals surface area contributed by atoms with Crippen LogP contribution in [0.4, 0.5) is 0 Å². The lowest BCUT2D eigenvalue weighted by molar-refractivity contribution is 0.0489. The molecule has 0 aliphatic carbocycles. The molecular formula is C18H26N6O2. The summed E-state index contributed by atoms with van der Waals surface area (Å²) in [6.07, 6.45) is 2.44. The molecule has 8 nitrogen and oxygen atoms in total. The smallest absolute Gasteiger partial charge is 0.274 e. The molecule has 0 aromatic carbocycles. The minimum Gasteiger partial charge on any atom is -0.392 e. The number of aliphatic hydroxyl groups is 1. The molecule has 2 aromatic heterocycles. The zero-order valence-electron chi connectivity index (χ0n) is 15.6. The number of aromatic nitrogens is 4. The van der Waals surface area contributed by atoms with E-state index in [0.29, 0.717) is 31.9 Å². The normalized spacial score (nSPS) is 21.4. The van der Waals surface area contributed by atoms with Crippen molar-refractivity contribution >= 4 is 5.91 Å². The van der Waals surface area contributed by atoms with Crippen LogP contribution in [-0.2, 0) is 13.6 Å². The van der Waals surface area contributed by atoms with Gasteiger partial charge >= 0.3 is 0 Å². The van der Waals surface area contributed by atoms with Gasteiger partial charge in [0.2, 0.25) is 0 Å². The van der Waals surface area contributed by atoms with Crippen molar-refractivity contribution in [1.82, 2.24) is 29.4 Å². The van der Waals surface area contributed by atoms with E-state index >= 15 is 0 Å². The van der Waals surface area contributed by atoms with E-state index < -0.39 is 0 Å². The Hall–Kier alpha value is -2.19. The molecule has 2 fully saturated rings. The van der Waals surface area contributed by atoms with Crippen LogP contribution in [0.15, 0.2) is 12.3 Å². The highest BCUT2D eigenvalue weighted by Crippen LogP contribution is 2.25. The first kappa shape index (κ1) is 17.2. The maximum atomic E-state index is 12.9. The fraction of sp³-hybridized carbons (Fsp3) is 0.611. The monoisotopic (exact) mass is 358 g/mol. The minimum absolute atomic E-state index is 0.0156. The zero-order chi connectivity index (χ0) is 18.4. The molecule has 4 rings (SSSR count). The molecule has 0 spiro atoms. The molecule has 1 amide bonds. The van der Waals surface area contributed by atoms with Crippen molar-refractivity contribution in [3.8, 4) is 0 Å². The molecule has 1 N–H and O–H groups in total. The number of hydrogen-bond acceptors (Lipinski definition) is 5. The summed E-state index contributed by atoms with van der Waals surface area (Å²) in [5.41, 5.74) is 3.60.